The monoisotopic (exact) mass is 273 g/mol. The molecule has 0 aliphatic carbocycles. The van der Waals surface area contributed by atoms with Gasteiger partial charge in [0.05, 0.1) is 6.04 Å². The van der Waals surface area contributed by atoms with Crippen LogP contribution in [0, 0.1) is 0 Å². The van der Waals surface area contributed by atoms with Crippen molar-refractivity contribution in [1.29, 1.82) is 0 Å². The van der Waals surface area contributed by atoms with Crippen LogP contribution in [0.5, 0.6) is 0 Å². The van der Waals surface area contributed by atoms with Crippen LogP contribution in [0.15, 0.2) is 0 Å². The van der Waals surface area contributed by atoms with Crippen molar-refractivity contribution < 1.29 is 4.74 Å². The molecule has 0 atom stereocenters. The quantitative estimate of drug-likeness (QED) is 0.586. The fourth-order valence-electron chi connectivity index (χ4n) is 1.95. The van der Waals surface area contributed by atoms with Crippen LogP contribution in [-0.2, 0) is 4.74 Å². The van der Waals surface area contributed by atoms with E-state index in [0.29, 0.717) is 11.2 Å². The SMILES string of the molecule is Clc1nc(Cl)c2nnn(C3CCOCC3)c2n1. The van der Waals surface area contributed by atoms with E-state index in [0.717, 1.165) is 26.1 Å². The van der Waals surface area contributed by atoms with E-state index in [-0.39, 0.29) is 16.5 Å². The maximum Gasteiger partial charge on any atom is 0.225 e. The molecule has 1 aliphatic rings. The van der Waals surface area contributed by atoms with Gasteiger partial charge in [-0.1, -0.05) is 16.8 Å². The summed E-state index contributed by atoms with van der Waals surface area (Å²) in [5.41, 5.74) is 1.07. The molecule has 0 radical (unpaired) electrons. The highest BCUT2D eigenvalue weighted by molar-refractivity contribution is 6.35. The highest BCUT2D eigenvalue weighted by atomic mass is 35.5. The molecule has 0 unspecified atom stereocenters. The van der Waals surface area contributed by atoms with Crippen molar-refractivity contribution in [2.45, 2.75) is 18.9 Å². The number of halogens is 2. The van der Waals surface area contributed by atoms with Crippen LogP contribution in [0.25, 0.3) is 11.2 Å². The number of rotatable bonds is 1. The summed E-state index contributed by atoms with van der Waals surface area (Å²) in [7, 11) is 0. The first-order valence-corrected chi connectivity index (χ1v) is 6.03. The number of ether oxygens (including phenoxy) is 1. The normalized spacial score (nSPS) is 17.8. The maximum absolute atomic E-state index is 5.94. The smallest absolute Gasteiger partial charge is 0.225 e. The minimum absolute atomic E-state index is 0.109. The average molecular weight is 274 g/mol. The van der Waals surface area contributed by atoms with Gasteiger partial charge >= 0.3 is 0 Å². The number of hydrogen-bond acceptors (Lipinski definition) is 5. The summed E-state index contributed by atoms with van der Waals surface area (Å²) in [4.78, 5) is 7.98. The van der Waals surface area contributed by atoms with Crippen LogP contribution < -0.4 is 0 Å². The summed E-state index contributed by atoms with van der Waals surface area (Å²) in [6, 6.07) is 0.232. The van der Waals surface area contributed by atoms with Crippen LogP contribution in [0.4, 0.5) is 0 Å². The second-order valence-corrected chi connectivity index (χ2v) is 4.53. The predicted octanol–water partition coefficient (Wildman–Crippen LogP) is 1.88. The Kier molecular flexibility index (Phi) is 2.85. The second kappa shape index (κ2) is 4.36. The molecule has 0 aromatic carbocycles. The van der Waals surface area contributed by atoms with Gasteiger partial charge in [-0.3, -0.25) is 0 Å². The molecule has 0 bridgehead atoms. The summed E-state index contributed by atoms with van der Waals surface area (Å²) >= 11 is 11.7. The van der Waals surface area contributed by atoms with E-state index in [4.69, 9.17) is 27.9 Å². The first-order chi connectivity index (χ1) is 8.25. The molecule has 6 nitrogen and oxygen atoms in total. The Bertz CT molecular complexity index is 552. The van der Waals surface area contributed by atoms with Crippen LogP contribution in [-0.4, -0.2) is 38.2 Å². The standard InChI is InChI=1S/C9H9Cl2N5O/c10-7-6-8(13-9(11)12-7)16(15-14-6)5-1-3-17-4-2-5/h5H,1-4H2. The molecule has 90 valence electrons. The minimum Gasteiger partial charge on any atom is -0.381 e. The van der Waals surface area contributed by atoms with E-state index < -0.39 is 0 Å². The fourth-order valence-corrected chi connectivity index (χ4v) is 2.36. The van der Waals surface area contributed by atoms with Crippen molar-refractivity contribution in [2.24, 2.45) is 0 Å². The molecule has 3 rings (SSSR count). The number of nitrogens with zero attached hydrogens (tertiary/aromatic N) is 5. The van der Waals surface area contributed by atoms with Crippen LogP contribution in [0.3, 0.4) is 0 Å². The number of aromatic nitrogens is 5. The topological polar surface area (TPSA) is 65.7 Å². The van der Waals surface area contributed by atoms with Gasteiger partial charge in [0.15, 0.2) is 16.3 Å². The van der Waals surface area contributed by atoms with Crippen molar-refractivity contribution in [3.8, 4) is 0 Å². The lowest BCUT2D eigenvalue weighted by Gasteiger charge is -2.21. The molecule has 8 heteroatoms. The molecule has 0 N–H and O–H groups in total. The molecule has 1 aliphatic heterocycles. The predicted molar refractivity (Wildman–Crippen MR) is 62.2 cm³/mol. The summed E-state index contributed by atoms with van der Waals surface area (Å²) in [6.45, 7) is 1.44. The molecule has 2 aromatic rings. The van der Waals surface area contributed by atoms with Crippen LogP contribution in [0.1, 0.15) is 18.9 Å². The number of hydrogen-bond donors (Lipinski definition) is 0. The van der Waals surface area contributed by atoms with Gasteiger partial charge in [-0.25, -0.2) is 9.67 Å². The molecular formula is C9H9Cl2N5O. The Labute approximate surface area is 107 Å². The Morgan fingerprint density at radius 3 is 2.71 bits per heavy atom. The first-order valence-electron chi connectivity index (χ1n) is 5.27. The zero-order chi connectivity index (χ0) is 11.8. The summed E-state index contributed by atoms with van der Waals surface area (Å²) in [5.74, 6) is 0. The molecular weight excluding hydrogens is 265 g/mol. The second-order valence-electron chi connectivity index (χ2n) is 3.83. The van der Waals surface area contributed by atoms with Gasteiger partial charge in [-0.15, -0.1) is 5.10 Å². The zero-order valence-corrected chi connectivity index (χ0v) is 10.3. The Hall–Kier alpha value is -0.980. The molecule has 2 aromatic heterocycles. The van der Waals surface area contributed by atoms with Crippen molar-refractivity contribution in [3.63, 3.8) is 0 Å². The minimum atomic E-state index is 0.109. The Balaban J connectivity index is 2.10. The number of fused-ring (bicyclic) bond motifs is 1. The van der Waals surface area contributed by atoms with E-state index in [2.05, 4.69) is 20.3 Å². The van der Waals surface area contributed by atoms with E-state index in [1.54, 1.807) is 4.68 Å². The molecule has 1 fully saturated rings. The largest absolute Gasteiger partial charge is 0.381 e. The lowest BCUT2D eigenvalue weighted by Crippen LogP contribution is -2.20. The van der Waals surface area contributed by atoms with E-state index >= 15 is 0 Å². The zero-order valence-electron chi connectivity index (χ0n) is 8.81. The van der Waals surface area contributed by atoms with Crippen LogP contribution >= 0.6 is 23.2 Å². The van der Waals surface area contributed by atoms with Crippen molar-refractivity contribution in [1.82, 2.24) is 25.0 Å². The van der Waals surface area contributed by atoms with E-state index in [9.17, 15) is 0 Å². The van der Waals surface area contributed by atoms with Crippen LogP contribution in [0.2, 0.25) is 10.4 Å². The van der Waals surface area contributed by atoms with Gasteiger partial charge in [0.2, 0.25) is 5.28 Å². The summed E-state index contributed by atoms with van der Waals surface area (Å²) < 4.78 is 7.07. The van der Waals surface area contributed by atoms with Gasteiger partial charge in [0.25, 0.3) is 0 Å². The third-order valence-electron chi connectivity index (χ3n) is 2.79. The Morgan fingerprint density at radius 2 is 1.94 bits per heavy atom. The van der Waals surface area contributed by atoms with Gasteiger partial charge < -0.3 is 4.74 Å². The summed E-state index contributed by atoms with van der Waals surface area (Å²) in [5, 5.41) is 8.42. The van der Waals surface area contributed by atoms with Crippen molar-refractivity contribution >= 4 is 34.4 Å². The van der Waals surface area contributed by atoms with Crippen molar-refractivity contribution in [3.05, 3.63) is 10.4 Å². The summed E-state index contributed by atoms with van der Waals surface area (Å²) in [6.07, 6.45) is 1.77. The first kappa shape index (κ1) is 11.1. The lowest BCUT2D eigenvalue weighted by molar-refractivity contribution is 0.0668. The van der Waals surface area contributed by atoms with E-state index in [1.165, 1.54) is 0 Å². The van der Waals surface area contributed by atoms with Gasteiger partial charge in [-0.2, -0.15) is 4.98 Å². The molecule has 3 heterocycles. The van der Waals surface area contributed by atoms with Gasteiger partial charge in [0, 0.05) is 13.2 Å². The highest BCUT2D eigenvalue weighted by Crippen LogP contribution is 2.26. The average Bonchev–Trinajstić information content (AvgIpc) is 2.74. The fraction of sp³-hybridized carbons (Fsp3) is 0.556. The van der Waals surface area contributed by atoms with Crippen molar-refractivity contribution in [2.75, 3.05) is 13.2 Å². The Morgan fingerprint density at radius 1 is 1.18 bits per heavy atom. The molecule has 0 spiro atoms. The molecule has 0 saturated carbocycles. The maximum atomic E-state index is 5.94. The third-order valence-corrected chi connectivity index (χ3v) is 3.22. The van der Waals surface area contributed by atoms with Gasteiger partial charge in [0.1, 0.15) is 0 Å². The van der Waals surface area contributed by atoms with Gasteiger partial charge in [-0.05, 0) is 24.4 Å². The highest BCUT2D eigenvalue weighted by Gasteiger charge is 2.21. The lowest BCUT2D eigenvalue weighted by atomic mass is 10.1. The molecule has 1 saturated heterocycles. The third kappa shape index (κ3) is 1.96. The molecule has 17 heavy (non-hydrogen) atoms. The van der Waals surface area contributed by atoms with E-state index in [1.807, 2.05) is 0 Å². The molecule has 0 amide bonds.